The molecular formula is C9H14N2OS. The first-order chi connectivity index (χ1) is 6.28. The Bertz CT molecular complexity index is 294. The zero-order chi connectivity index (χ0) is 9.31. The van der Waals surface area contributed by atoms with Gasteiger partial charge < -0.3 is 10.5 Å². The number of nitrogens with two attached hydrogens (primary N) is 1. The molecule has 1 aliphatic rings. The van der Waals surface area contributed by atoms with Gasteiger partial charge in [-0.05, 0) is 31.2 Å². The van der Waals surface area contributed by atoms with Crippen molar-refractivity contribution in [2.24, 2.45) is 11.1 Å². The van der Waals surface area contributed by atoms with Gasteiger partial charge in [0.2, 0.25) is 0 Å². The van der Waals surface area contributed by atoms with E-state index in [0.29, 0.717) is 5.41 Å². The second-order valence-electron chi connectivity index (χ2n) is 3.68. The van der Waals surface area contributed by atoms with Gasteiger partial charge in [-0.25, -0.2) is 4.98 Å². The van der Waals surface area contributed by atoms with Crippen LogP contribution < -0.4 is 10.5 Å². The summed E-state index contributed by atoms with van der Waals surface area (Å²) in [6.07, 6.45) is 5.51. The average molecular weight is 198 g/mol. The Balaban J connectivity index is 2.01. The summed E-state index contributed by atoms with van der Waals surface area (Å²) in [6.45, 7) is 0.799. The van der Waals surface area contributed by atoms with Crippen LogP contribution in [-0.4, -0.2) is 18.6 Å². The van der Waals surface area contributed by atoms with E-state index in [4.69, 9.17) is 10.5 Å². The quantitative estimate of drug-likeness (QED) is 0.796. The van der Waals surface area contributed by atoms with E-state index in [-0.39, 0.29) is 0 Å². The number of nitrogens with zero attached hydrogens (tertiary/aromatic N) is 1. The van der Waals surface area contributed by atoms with Crippen molar-refractivity contribution >= 4 is 11.3 Å². The Morgan fingerprint density at radius 1 is 1.69 bits per heavy atom. The van der Waals surface area contributed by atoms with Gasteiger partial charge in [-0.3, -0.25) is 0 Å². The van der Waals surface area contributed by atoms with Crippen LogP contribution in [-0.2, 0) is 6.42 Å². The fourth-order valence-electron chi connectivity index (χ4n) is 1.47. The van der Waals surface area contributed by atoms with Crippen LogP contribution in [0.5, 0.6) is 5.19 Å². The number of aromatic nitrogens is 1. The molecule has 1 fully saturated rings. The first-order valence-electron chi connectivity index (χ1n) is 4.47. The number of hydrogen-bond donors (Lipinski definition) is 1. The molecule has 0 aliphatic heterocycles. The molecule has 0 saturated heterocycles. The van der Waals surface area contributed by atoms with Crippen LogP contribution in [0.15, 0.2) is 6.20 Å². The fraction of sp³-hybridized carbons (Fsp3) is 0.667. The highest BCUT2D eigenvalue weighted by Crippen LogP contribution is 2.48. The molecule has 1 aromatic heterocycles. The Morgan fingerprint density at radius 2 is 2.46 bits per heavy atom. The second-order valence-corrected chi connectivity index (χ2v) is 4.76. The third-order valence-corrected chi connectivity index (χ3v) is 3.60. The Kier molecular flexibility index (Phi) is 2.26. The van der Waals surface area contributed by atoms with E-state index < -0.39 is 0 Å². The van der Waals surface area contributed by atoms with Crippen LogP contribution in [0.25, 0.3) is 0 Å². The average Bonchev–Trinajstić information content (AvgIpc) is 2.77. The lowest BCUT2D eigenvalue weighted by Gasteiger charge is -2.08. The summed E-state index contributed by atoms with van der Waals surface area (Å²) in [4.78, 5) is 5.43. The normalized spacial score (nSPS) is 18.6. The number of hydrogen-bond acceptors (Lipinski definition) is 4. The zero-order valence-corrected chi connectivity index (χ0v) is 8.56. The molecule has 0 bridgehead atoms. The molecule has 0 unspecified atom stereocenters. The standard InChI is InChI=1S/C9H14N2OS/c1-12-8-11-5-7(13-8)4-9(6-10)2-3-9/h5H,2-4,6,10H2,1H3. The largest absolute Gasteiger partial charge is 0.473 e. The lowest BCUT2D eigenvalue weighted by Crippen LogP contribution is -2.17. The van der Waals surface area contributed by atoms with Crippen LogP contribution in [0.1, 0.15) is 17.7 Å². The monoisotopic (exact) mass is 198 g/mol. The van der Waals surface area contributed by atoms with Crippen LogP contribution in [0.2, 0.25) is 0 Å². The van der Waals surface area contributed by atoms with Crippen molar-refractivity contribution in [1.82, 2.24) is 4.98 Å². The summed E-state index contributed by atoms with van der Waals surface area (Å²) in [7, 11) is 1.65. The van der Waals surface area contributed by atoms with E-state index in [1.165, 1.54) is 17.7 Å². The molecule has 72 valence electrons. The minimum Gasteiger partial charge on any atom is -0.473 e. The molecule has 0 spiro atoms. The molecule has 13 heavy (non-hydrogen) atoms. The first kappa shape index (κ1) is 8.97. The number of rotatable bonds is 4. The van der Waals surface area contributed by atoms with E-state index in [0.717, 1.165) is 18.2 Å². The van der Waals surface area contributed by atoms with E-state index in [1.54, 1.807) is 18.4 Å². The van der Waals surface area contributed by atoms with Gasteiger partial charge in [0.1, 0.15) is 0 Å². The highest BCUT2D eigenvalue weighted by Gasteiger charge is 2.41. The van der Waals surface area contributed by atoms with Crippen molar-refractivity contribution in [3.63, 3.8) is 0 Å². The van der Waals surface area contributed by atoms with Crippen LogP contribution >= 0.6 is 11.3 Å². The van der Waals surface area contributed by atoms with Gasteiger partial charge in [0.15, 0.2) is 0 Å². The Labute approximate surface area is 81.9 Å². The first-order valence-corrected chi connectivity index (χ1v) is 5.28. The minimum absolute atomic E-state index is 0.400. The van der Waals surface area contributed by atoms with Gasteiger partial charge in [-0.15, -0.1) is 0 Å². The molecule has 0 atom stereocenters. The summed E-state index contributed by atoms with van der Waals surface area (Å²) in [5, 5.41) is 0.753. The van der Waals surface area contributed by atoms with Gasteiger partial charge in [0.25, 0.3) is 5.19 Å². The van der Waals surface area contributed by atoms with Crippen LogP contribution in [0.3, 0.4) is 0 Å². The predicted octanol–water partition coefficient (Wildman–Crippen LogP) is 1.43. The lowest BCUT2D eigenvalue weighted by atomic mass is 10.0. The summed E-state index contributed by atoms with van der Waals surface area (Å²) in [6, 6.07) is 0. The van der Waals surface area contributed by atoms with Crippen LogP contribution in [0, 0.1) is 5.41 Å². The molecule has 0 aromatic carbocycles. The van der Waals surface area contributed by atoms with Gasteiger partial charge in [0, 0.05) is 11.1 Å². The SMILES string of the molecule is COc1ncc(CC2(CN)CC2)s1. The van der Waals surface area contributed by atoms with Crippen LogP contribution in [0.4, 0.5) is 0 Å². The van der Waals surface area contributed by atoms with Crippen molar-refractivity contribution < 1.29 is 4.74 Å². The second kappa shape index (κ2) is 3.27. The molecule has 1 saturated carbocycles. The Hall–Kier alpha value is -0.610. The topological polar surface area (TPSA) is 48.1 Å². The maximum absolute atomic E-state index is 5.71. The molecule has 1 heterocycles. The van der Waals surface area contributed by atoms with Crippen molar-refractivity contribution in [3.8, 4) is 5.19 Å². The highest BCUT2D eigenvalue weighted by atomic mass is 32.1. The predicted molar refractivity (Wildman–Crippen MR) is 53.1 cm³/mol. The van der Waals surface area contributed by atoms with E-state index in [9.17, 15) is 0 Å². The maximum atomic E-state index is 5.71. The van der Waals surface area contributed by atoms with Crippen molar-refractivity contribution in [1.29, 1.82) is 0 Å². The van der Waals surface area contributed by atoms with Gasteiger partial charge >= 0.3 is 0 Å². The van der Waals surface area contributed by atoms with E-state index >= 15 is 0 Å². The summed E-state index contributed by atoms with van der Waals surface area (Å²) in [5.41, 5.74) is 6.11. The van der Waals surface area contributed by atoms with Gasteiger partial charge in [-0.2, -0.15) is 0 Å². The molecule has 0 radical (unpaired) electrons. The minimum atomic E-state index is 0.400. The molecule has 2 N–H and O–H groups in total. The van der Waals surface area contributed by atoms with Gasteiger partial charge in [-0.1, -0.05) is 11.3 Å². The highest BCUT2D eigenvalue weighted by molar-refractivity contribution is 7.13. The Morgan fingerprint density at radius 3 is 2.92 bits per heavy atom. The summed E-state index contributed by atoms with van der Waals surface area (Å²) in [5.74, 6) is 0. The molecule has 4 heteroatoms. The van der Waals surface area contributed by atoms with E-state index in [2.05, 4.69) is 4.98 Å². The summed E-state index contributed by atoms with van der Waals surface area (Å²) < 4.78 is 5.04. The van der Waals surface area contributed by atoms with Crippen molar-refractivity contribution in [2.45, 2.75) is 19.3 Å². The van der Waals surface area contributed by atoms with Crippen molar-refractivity contribution in [2.75, 3.05) is 13.7 Å². The molecular weight excluding hydrogens is 184 g/mol. The lowest BCUT2D eigenvalue weighted by molar-refractivity contribution is 0.412. The number of ether oxygens (including phenoxy) is 1. The third-order valence-electron chi connectivity index (χ3n) is 2.65. The van der Waals surface area contributed by atoms with Gasteiger partial charge in [0.05, 0.1) is 7.11 Å². The molecule has 2 rings (SSSR count). The smallest absolute Gasteiger partial charge is 0.273 e. The molecule has 1 aromatic rings. The fourth-order valence-corrected chi connectivity index (χ4v) is 2.36. The number of methoxy groups -OCH3 is 1. The molecule has 0 amide bonds. The summed E-state index contributed by atoms with van der Waals surface area (Å²) >= 11 is 1.63. The maximum Gasteiger partial charge on any atom is 0.273 e. The molecule has 3 nitrogen and oxygen atoms in total. The van der Waals surface area contributed by atoms with E-state index in [1.807, 2.05) is 6.20 Å². The molecule has 1 aliphatic carbocycles. The van der Waals surface area contributed by atoms with Crippen molar-refractivity contribution in [3.05, 3.63) is 11.1 Å². The zero-order valence-electron chi connectivity index (χ0n) is 7.75. The third kappa shape index (κ3) is 1.84. The number of thiazole rings is 1.